The number of nitrogens with zero attached hydrogens (tertiary/aromatic N) is 1. The van der Waals surface area contributed by atoms with Crippen LogP contribution in [0.5, 0.6) is 0 Å². The van der Waals surface area contributed by atoms with Crippen molar-refractivity contribution in [2.24, 2.45) is 0 Å². The molecule has 0 fully saturated rings. The normalized spacial score (nSPS) is 11.6. The molecule has 1 aromatic heterocycles. The molecule has 0 aliphatic rings. The Morgan fingerprint density at radius 3 is 2.78 bits per heavy atom. The number of nitrogens with one attached hydrogen (secondary N) is 1. The summed E-state index contributed by atoms with van der Waals surface area (Å²) in [7, 11) is 0. The summed E-state index contributed by atoms with van der Waals surface area (Å²) >= 11 is 0. The van der Waals surface area contributed by atoms with Crippen LogP contribution in [0.3, 0.4) is 0 Å². The largest absolute Gasteiger partial charge is 0.290 e. The van der Waals surface area contributed by atoms with Crippen LogP contribution in [-0.2, 0) is 0 Å². The third kappa shape index (κ3) is 1.20. The second-order valence-electron chi connectivity index (χ2n) is 4.33. The van der Waals surface area contributed by atoms with E-state index in [9.17, 15) is 4.79 Å². The molecule has 18 heavy (non-hydrogen) atoms. The monoisotopic (exact) mass is 236 g/mol. The Bertz CT molecular complexity index is 950. The summed E-state index contributed by atoms with van der Waals surface area (Å²) in [6, 6.07) is 13.0. The molecule has 0 saturated heterocycles. The van der Waals surface area contributed by atoms with E-state index in [1.165, 1.54) is 0 Å². The van der Waals surface area contributed by atoms with Gasteiger partial charge in [0.2, 0.25) is 0 Å². The lowest BCUT2D eigenvalue weighted by molar-refractivity contribution is 0.316. The average Bonchev–Trinajstić information content (AvgIpc) is 2.85. The minimum Gasteiger partial charge on any atom is -0.290 e. The highest BCUT2D eigenvalue weighted by molar-refractivity contribution is 6.09. The summed E-state index contributed by atoms with van der Waals surface area (Å²) in [4.78, 5) is 11.4. The predicted molar refractivity (Wildman–Crippen MR) is 69.6 cm³/mol. The van der Waals surface area contributed by atoms with Crippen molar-refractivity contribution in [1.82, 2.24) is 10.3 Å². The van der Waals surface area contributed by atoms with E-state index in [2.05, 4.69) is 16.4 Å². The first-order valence-corrected chi connectivity index (χ1v) is 5.62. The number of rotatable bonds is 0. The van der Waals surface area contributed by atoms with E-state index in [1.807, 2.05) is 24.3 Å². The van der Waals surface area contributed by atoms with Crippen molar-refractivity contribution < 1.29 is 4.63 Å². The van der Waals surface area contributed by atoms with Gasteiger partial charge >= 0.3 is 0 Å². The lowest BCUT2D eigenvalue weighted by Crippen LogP contribution is -1.94. The lowest BCUT2D eigenvalue weighted by atomic mass is 10.0. The molecule has 86 valence electrons. The molecular weight excluding hydrogens is 228 g/mol. The van der Waals surface area contributed by atoms with Crippen LogP contribution in [0.25, 0.3) is 32.6 Å². The minimum atomic E-state index is 0.0146. The van der Waals surface area contributed by atoms with Crippen molar-refractivity contribution >= 4 is 32.6 Å². The Morgan fingerprint density at radius 1 is 0.944 bits per heavy atom. The maximum Gasteiger partial charge on any atom is 0.179 e. The fourth-order valence-electron chi connectivity index (χ4n) is 2.33. The Hall–Kier alpha value is -2.62. The molecule has 1 heterocycles. The maximum absolute atomic E-state index is 11.4. The van der Waals surface area contributed by atoms with Gasteiger partial charge in [0.25, 0.3) is 0 Å². The molecule has 4 rings (SSSR count). The van der Waals surface area contributed by atoms with Gasteiger partial charge in [-0.3, -0.25) is 9.42 Å². The fourth-order valence-corrected chi connectivity index (χ4v) is 2.33. The van der Waals surface area contributed by atoms with Gasteiger partial charge in [0, 0.05) is 5.39 Å². The van der Waals surface area contributed by atoms with Crippen molar-refractivity contribution in [3.05, 3.63) is 52.7 Å². The molecule has 0 atom stereocenters. The standard InChI is InChI=1S/C14H8N2O2/c17-11-3-1-8-5-9-2-4-13-14(16-18-15-13)12(9)7-10(8)6-11/h1-7,15H. The fraction of sp³-hybridized carbons (Fsp3) is 0. The second kappa shape index (κ2) is 3.20. The maximum atomic E-state index is 11.4. The molecule has 0 spiro atoms. The highest BCUT2D eigenvalue weighted by atomic mass is 16.6. The molecule has 4 aromatic rings. The van der Waals surface area contributed by atoms with Crippen LogP contribution in [0.1, 0.15) is 0 Å². The Morgan fingerprint density at radius 2 is 1.83 bits per heavy atom. The summed E-state index contributed by atoms with van der Waals surface area (Å²) in [5, 5.41) is 10.7. The third-order valence-electron chi connectivity index (χ3n) is 3.21. The third-order valence-corrected chi connectivity index (χ3v) is 3.21. The van der Waals surface area contributed by atoms with Gasteiger partial charge in [0.1, 0.15) is 11.0 Å². The van der Waals surface area contributed by atoms with E-state index in [1.54, 1.807) is 12.1 Å². The SMILES string of the molecule is O=c1ccc2cc3ccc4[nH]onc4c3cc2c1. The van der Waals surface area contributed by atoms with E-state index in [4.69, 9.17) is 4.63 Å². The van der Waals surface area contributed by atoms with Gasteiger partial charge in [-0.1, -0.05) is 17.3 Å². The molecule has 0 saturated carbocycles. The van der Waals surface area contributed by atoms with E-state index >= 15 is 0 Å². The van der Waals surface area contributed by atoms with Crippen LogP contribution < -0.4 is 5.43 Å². The first kappa shape index (κ1) is 9.41. The number of aromatic nitrogens is 2. The van der Waals surface area contributed by atoms with Crippen LogP contribution in [0, 0.1) is 0 Å². The molecule has 1 N–H and O–H groups in total. The first-order chi connectivity index (χ1) is 8.81. The van der Waals surface area contributed by atoms with E-state index in [0.717, 1.165) is 32.6 Å². The molecule has 4 nitrogen and oxygen atoms in total. The summed E-state index contributed by atoms with van der Waals surface area (Å²) in [5.41, 5.74) is 1.64. The molecule has 0 unspecified atom stereocenters. The van der Waals surface area contributed by atoms with Gasteiger partial charge in [-0.05, 0) is 46.5 Å². The molecule has 4 heteroatoms. The highest BCUT2D eigenvalue weighted by Gasteiger charge is 2.06. The van der Waals surface area contributed by atoms with Crippen LogP contribution in [0.2, 0.25) is 0 Å². The number of H-pyrrole nitrogens is 1. The number of aromatic amines is 1. The minimum absolute atomic E-state index is 0.0146. The summed E-state index contributed by atoms with van der Waals surface area (Å²) < 4.78 is 4.87. The number of benzene rings is 3. The Balaban J connectivity index is 2.28. The van der Waals surface area contributed by atoms with Crippen LogP contribution in [0.15, 0.2) is 51.9 Å². The highest BCUT2D eigenvalue weighted by Crippen LogP contribution is 2.26. The molecule has 3 aromatic carbocycles. The van der Waals surface area contributed by atoms with Crippen LogP contribution in [0.4, 0.5) is 0 Å². The predicted octanol–water partition coefficient (Wildman–Crippen LogP) is 2.82. The number of fused-ring (bicyclic) bond motifs is 4. The lowest BCUT2D eigenvalue weighted by Gasteiger charge is -2.01. The van der Waals surface area contributed by atoms with Crippen molar-refractivity contribution in [2.45, 2.75) is 0 Å². The van der Waals surface area contributed by atoms with Crippen molar-refractivity contribution in [3.8, 4) is 0 Å². The average molecular weight is 236 g/mol. The Kier molecular flexibility index (Phi) is 1.67. The number of hydrogen-bond donors (Lipinski definition) is 1. The van der Waals surface area contributed by atoms with E-state index < -0.39 is 0 Å². The van der Waals surface area contributed by atoms with Gasteiger partial charge in [-0.15, -0.1) is 0 Å². The van der Waals surface area contributed by atoms with E-state index in [0.29, 0.717) is 0 Å². The smallest absolute Gasteiger partial charge is 0.179 e. The Labute approximate surface area is 101 Å². The number of hydrogen-bond acceptors (Lipinski definition) is 3. The quantitative estimate of drug-likeness (QED) is 0.477. The molecule has 0 aliphatic carbocycles. The van der Waals surface area contributed by atoms with Crippen molar-refractivity contribution in [1.29, 1.82) is 0 Å². The molecule has 0 aliphatic heterocycles. The van der Waals surface area contributed by atoms with Gasteiger partial charge in [0.15, 0.2) is 5.43 Å². The van der Waals surface area contributed by atoms with Crippen LogP contribution in [-0.4, -0.2) is 10.3 Å². The zero-order chi connectivity index (χ0) is 12.1. The molecule has 0 amide bonds. The summed E-state index contributed by atoms with van der Waals surface area (Å²) in [5.74, 6) is 0. The van der Waals surface area contributed by atoms with Gasteiger partial charge in [0.05, 0.1) is 0 Å². The first-order valence-electron chi connectivity index (χ1n) is 5.62. The summed E-state index contributed by atoms with van der Waals surface area (Å²) in [6.45, 7) is 0. The molecule has 0 bridgehead atoms. The zero-order valence-corrected chi connectivity index (χ0v) is 9.31. The molecule has 0 radical (unpaired) electrons. The van der Waals surface area contributed by atoms with Crippen molar-refractivity contribution in [3.63, 3.8) is 0 Å². The van der Waals surface area contributed by atoms with Gasteiger partial charge in [-0.25, -0.2) is 0 Å². The van der Waals surface area contributed by atoms with Gasteiger partial charge in [-0.2, -0.15) is 5.16 Å². The zero-order valence-electron chi connectivity index (χ0n) is 9.31. The van der Waals surface area contributed by atoms with Crippen LogP contribution >= 0.6 is 0 Å². The van der Waals surface area contributed by atoms with Gasteiger partial charge < -0.3 is 0 Å². The summed E-state index contributed by atoms with van der Waals surface area (Å²) in [6.07, 6.45) is 0. The topological polar surface area (TPSA) is 58.9 Å². The van der Waals surface area contributed by atoms with E-state index in [-0.39, 0.29) is 5.43 Å². The second-order valence-corrected chi connectivity index (χ2v) is 4.33. The molecular formula is C14H8N2O2. The van der Waals surface area contributed by atoms with Crippen molar-refractivity contribution in [2.75, 3.05) is 0 Å².